The number of fused-ring (bicyclic) bond motifs is 1. The molecule has 0 unspecified atom stereocenters. The Balaban J connectivity index is 1.74. The molecule has 0 saturated carbocycles. The largest absolute Gasteiger partial charge is 0.454 e. The maximum Gasteiger partial charge on any atom is 0.275 e. The first-order chi connectivity index (χ1) is 10.3. The van der Waals surface area contributed by atoms with E-state index in [1.165, 1.54) is 0 Å². The fraction of sp³-hybridized carbons (Fsp3) is 0.333. The average Bonchev–Trinajstić information content (AvgIpc) is 3.06. The molecule has 0 fully saturated rings. The van der Waals surface area contributed by atoms with Gasteiger partial charge in [-0.25, -0.2) is 4.99 Å². The molecule has 21 heavy (non-hydrogen) atoms. The number of amides is 1. The lowest BCUT2D eigenvalue weighted by Crippen LogP contribution is -2.21. The number of nitrogens with zero attached hydrogens (tertiary/aromatic N) is 1. The lowest BCUT2D eigenvalue weighted by atomic mass is 10.1. The van der Waals surface area contributed by atoms with Crippen molar-refractivity contribution in [3.05, 3.63) is 29.5 Å². The van der Waals surface area contributed by atoms with Gasteiger partial charge in [0.25, 0.3) is 5.91 Å². The van der Waals surface area contributed by atoms with Crippen LogP contribution in [0.3, 0.4) is 0 Å². The third-order valence-electron chi connectivity index (χ3n) is 3.11. The van der Waals surface area contributed by atoms with Crippen molar-refractivity contribution < 1.29 is 14.3 Å². The molecule has 1 amide bonds. The van der Waals surface area contributed by atoms with Gasteiger partial charge in [0.2, 0.25) is 6.79 Å². The van der Waals surface area contributed by atoms with Crippen molar-refractivity contribution in [3.63, 3.8) is 0 Å². The maximum atomic E-state index is 11.9. The van der Waals surface area contributed by atoms with Crippen LogP contribution >= 0.6 is 11.8 Å². The molecule has 0 aromatic heterocycles. The van der Waals surface area contributed by atoms with Crippen LogP contribution in [0.1, 0.15) is 25.3 Å². The molecular formula is C15H16N2O3S. The summed E-state index contributed by atoms with van der Waals surface area (Å²) in [4.78, 5) is 16.2. The summed E-state index contributed by atoms with van der Waals surface area (Å²) in [5, 5.41) is 3.47. The smallest absolute Gasteiger partial charge is 0.275 e. The van der Waals surface area contributed by atoms with E-state index < -0.39 is 0 Å². The second kappa shape index (κ2) is 6.22. The van der Waals surface area contributed by atoms with Crippen molar-refractivity contribution >= 4 is 28.9 Å². The summed E-state index contributed by atoms with van der Waals surface area (Å²) in [5.74, 6) is 2.23. The van der Waals surface area contributed by atoms with Gasteiger partial charge in [0, 0.05) is 5.75 Å². The molecule has 5 nitrogen and oxygen atoms in total. The number of carbonyl (C=O) groups excluding carboxylic acids is 1. The zero-order valence-electron chi connectivity index (χ0n) is 11.7. The van der Waals surface area contributed by atoms with Gasteiger partial charge >= 0.3 is 0 Å². The predicted molar refractivity (Wildman–Crippen MR) is 83.5 cm³/mol. The zero-order chi connectivity index (χ0) is 14.7. The van der Waals surface area contributed by atoms with Crippen LogP contribution < -0.4 is 14.8 Å². The molecule has 6 heteroatoms. The van der Waals surface area contributed by atoms with Gasteiger partial charge < -0.3 is 9.47 Å². The van der Waals surface area contributed by atoms with Gasteiger partial charge in [0.1, 0.15) is 5.70 Å². The van der Waals surface area contributed by atoms with Gasteiger partial charge in [0.05, 0.1) is 0 Å². The number of amidine groups is 1. The fourth-order valence-corrected chi connectivity index (χ4v) is 2.94. The van der Waals surface area contributed by atoms with E-state index in [4.69, 9.17) is 9.47 Å². The number of carbonyl (C=O) groups is 1. The zero-order valence-corrected chi connectivity index (χ0v) is 12.5. The number of thioether (sulfide) groups is 1. The number of aliphatic imine (C=N–C) groups is 1. The summed E-state index contributed by atoms with van der Waals surface area (Å²) >= 11 is 1.58. The van der Waals surface area contributed by atoms with Crippen molar-refractivity contribution in [3.8, 4) is 11.5 Å². The lowest BCUT2D eigenvalue weighted by molar-refractivity contribution is -0.115. The van der Waals surface area contributed by atoms with Crippen LogP contribution in [-0.4, -0.2) is 23.6 Å². The van der Waals surface area contributed by atoms with Crippen molar-refractivity contribution in [1.82, 2.24) is 5.32 Å². The first-order valence-corrected chi connectivity index (χ1v) is 7.89. The van der Waals surface area contributed by atoms with Crippen LogP contribution in [-0.2, 0) is 4.79 Å². The van der Waals surface area contributed by atoms with E-state index in [9.17, 15) is 4.79 Å². The Morgan fingerprint density at radius 1 is 1.38 bits per heavy atom. The topological polar surface area (TPSA) is 59.9 Å². The van der Waals surface area contributed by atoms with Crippen LogP contribution in [0.5, 0.6) is 11.5 Å². The number of ether oxygens (including phenoxy) is 2. The van der Waals surface area contributed by atoms with Gasteiger partial charge in [-0.3, -0.25) is 10.1 Å². The van der Waals surface area contributed by atoms with Crippen molar-refractivity contribution in [2.75, 3.05) is 12.5 Å². The Hall–Kier alpha value is -1.95. The van der Waals surface area contributed by atoms with Crippen LogP contribution in [0.15, 0.2) is 28.9 Å². The van der Waals surface area contributed by atoms with Crippen molar-refractivity contribution in [1.29, 1.82) is 0 Å². The monoisotopic (exact) mass is 304 g/mol. The summed E-state index contributed by atoms with van der Waals surface area (Å²) in [5.41, 5.74) is 1.29. The molecular weight excluding hydrogens is 288 g/mol. The number of hydrogen-bond acceptors (Lipinski definition) is 5. The molecule has 0 radical (unpaired) electrons. The third-order valence-corrected chi connectivity index (χ3v) is 4.07. The second-order valence-electron chi connectivity index (χ2n) is 4.72. The highest BCUT2D eigenvalue weighted by Gasteiger charge is 2.20. The molecule has 0 aliphatic carbocycles. The molecule has 0 atom stereocenters. The molecule has 1 aromatic carbocycles. The molecule has 3 rings (SSSR count). The lowest BCUT2D eigenvalue weighted by Gasteiger charge is -1.98. The summed E-state index contributed by atoms with van der Waals surface area (Å²) in [7, 11) is 0. The number of hydrogen-bond donors (Lipinski definition) is 1. The molecule has 0 saturated heterocycles. The third kappa shape index (κ3) is 3.21. The van der Waals surface area contributed by atoms with Crippen molar-refractivity contribution in [2.45, 2.75) is 19.8 Å². The Labute approximate surface area is 127 Å². The molecule has 110 valence electrons. The molecule has 0 bridgehead atoms. The van der Waals surface area contributed by atoms with Gasteiger partial charge in [-0.2, -0.15) is 0 Å². The number of rotatable bonds is 4. The van der Waals surface area contributed by atoms with Crippen LogP contribution in [0.2, 0.25) is 0 Å². The molecule has 0 spiro atoms. The van der Waals surface area contributed by atoms with E-state index in [0.29, 0.717) is 16.6 Å². The van der Waals surface area contributed by atoms with Gasteiger partial charge in [-0.05, 0) is 30.2 Å². The first-order valence-electron chi connectivity index (χ1n) is 6.90. The van der Waals surface area contributed by atoms with E-state index in [2.05, 4.69) is 17.2 Å². The van der Waals surface area contributed by atoms with Crippen LogP contribution in [0, 0.1) is 0 Å². The van der Waals surface area contributed by atoms with Gasteiger partial charge in [-0.15, -0.1) is 0 Å². The van der Waals surface area contributed by atoms with E-state index >= 15 is 0 Å². The SMILES string of the molecule is CCCCSC1=N/C(=C/c2ccc3c(c2)OCO3)C(=O)N1. The number of benzene rings is 1. The highest BCUT2D eigenvalue weighted by Crippen LogP contribution is 2.33. The molecule has 2 aliphatic rings. The van der Waals surface area contributed by atoms with E-state index in [1.807, 2.05) is 18.2 Å². The van der Waals surface area contributed by atoms with Gasteiger partial charge in [0.15, 0.2) is 16.7 Å². The summed E-state index contributed by atoms with van der Waals surface area (Å²) in [6.07, 6.45) is 4.00. The normalized spacial score (nSPS) is 18.0. The van der Waals surface area contributed by atoms with Gasteiger partial charge in [-0.1, -0.05) is 31.2 Å². The average molecular weight is 304 g/mol. The highest BCUT2D eigenvalue weighted by atomic mass is 32.2. The van der Waals surface area contributed by atoms with Crippen LogP contribution in [0.4, 0.5) is 0 Å². The number of unbranched alkanes of at least 4 members (excludes halogenated alkanes) is 1. The van der Waals surface area contributed by atoms with Crippen LogP contribution in [0.25, 0.3) is 6.08 Å². The standard InChI is InChI=1S/C15H16N2O3S/c1-2-3-6-21-15-16-11(14(18)17-15)7-10-4-5-12-13(8-10)20-9-19-12/h4-5,7-8H,2-3,6,9H2,1H3,(H,16,17,18)/b11-7+. The van der Waals surface area contributed by atoms with E-state index in [0.717, 1.165) is 29.9 Å². The van der Waals surface area contributed by atoms with E-state index in [-0.39, 0.29) is 12.7 Å². The molecule has 1 aromatic rings. The first kappa shape index (κ1) is 14.0. The quantitative estimate of drug-likeness (QED) is 0.686. The Bertz CT molecular complexity index is 625. The van der Waals surface area contributed by atoms with Crippen molar-refractivity contribution in [2.24, 2.45) is 4.99 Å². The molecule has 1 N–H and O–H groups in total. The molecule has 2 heterocycles. The Kier molecular flexibility index (Phi) is 4.15. The summed E-state index contributed by atoms with van der Waals surface area (Å²) in [6.45, 7) is 2.38. The minimum atomic E-state index is -0.160. The fourth-order valence-electron chi connectivity index (χ4n) is 1.99. The van der Waals surface area contributed by atoms with E-state index in [1.54, 1.807) is 17.8 Å². The number of nitrogens with one attached hydrogen (secondary N) is 1. The second-order valence-corrected chi connectivity index (χ2v) is 5.80. The summed E-state index contributed by atoms with van der Waals surface area (Å²) in [6, 6.07) is 5.56. The Morgan fingerprint density at radius 2 is 2.24 bits per heavy atom. The summed E-state index contributed by atoms with van der Waals surface area (Å²) < 4.78 is 10.6. The predicted octanol–water partition coefficient (Wildman–Crippen LogP) is 2.78. The minimum absolute atomic E-state index is 0.160. The maximum absolute atomic E-state index is 11.9. The highest BCUT2D eigenvalue weighted by molar-refractivity contribution is 8.13. The Morgan fingerprint density at radius 3 is 3.10 bits per heavy atom. The minimum Gasteiger partial charge on any atom is -0.454 e. The molecule has 2 aliphatic heterocycles.